The first-order valence-electron chi connectivity index (χ1n) is 16.7. The van der Waals surface area contributed by atoms with Crippen LogP contribution < -0.4 is 5.43 Å². The third-order valence-electron chi connectivity index (χ3n) is 10.8. The molecule has 0 radical (unpaired) electrons. The van der Waals surface area contributed by atoms with Gasteiger partial charge >= 0.3 is 5.97 Å². The van der Waals surface area contributed by atoms with Crippen molar-refractivity contribution in [2.75, 3.05) is 12.0 Å². The van der Waals surface area contributed by atoms with Crippen molar-refractivity contribution in [3.63, 3.8) is 0 Å². The fourth-order valence-electron chi connectivity index (χ4n) is 8.71. The molecule has 3 fully saturated rings. The zero-order valence-electron chi connectivity index (χ0n) is 26.9. The SMILES string of the molecule is O=C(O)CCCCCN1C(=O)[C@H]2[C@H](CC=C3[C@H]2C[C@H]2C(=O)N(Nc4ccc(F)cc4)C(=O)[C@@]2(c2ccc(Cl)cc2)[C@H]3c2ccc(O)cc2)C1=O. The molecule has 0 spiro atoms. The number of phenols is 1. The molecule has 3 aromatic carbocycles. The zero-order valence-corrected chi connectivity index (χ0v) is 27.7. The average molecular weight is 700 g/mol. The van der Waals surface area contributed by atoms with E-state index in [0.29, 0.717) is 41.1 Å². The van der Waals surface area contributed by atoms with Gasteiger partial charge in [-0.25, -0.2) is 4.39 Å². The molecule has 50 heavy (non-hydrogen) atoms. The quantitative estimate of drug-likeness (QED) is 0.137. The predicted octanol–water partition coefficient (Wildman–Crippen LogP) is 5.81. The molecule has 0 aromatic heterocycles. The maximum atomic E-state index is 15.1. The lowest BCUT2D eigenvalue weighted by Gasteiger charge is -2.50. The van der Waals surface area contributed by atoms with Crippen LogP contribution in [0.25, 0.3) is 0 Å². The number of likely N-dealkylation sites (tertiary alicyclic amines) is 1. The number of carbonyl (C=O) groups excluding carboxylic acids is 4. The minimum Gasteiger partial charge on any atom is -0.508 e. The number of amides is 4. The molecule has 2 aliphatic carbocycles. The highest BCUT2D eigenvalue weighted by Gasteiger charge is 2.70. The molecular formula is C38H35ClFN3O7. The Morgan fingerprint density at radius 3 is 2.26 bits per heavy atom. The third-order valence-corrected chi connectivity index (χ3v) is 11.1. The van der Waals surface area contributed by atoms with Gasteiger partial charge in [0.2, 0.25) is 11.8 Å². The van der Waals surface area contributed by atoms with Crippen LogP contribution in [0.3, 0.4) is 0 Å². The summed E-state index contributed by atoms with van der Waals surface area (Å²) in [5, 5.41) is 20.6. The summed E-state index contributed by atoms with van der Waals surface area (Å²) >= 11 is 6.31. The monoisotopic (exact) mass is 699 g/mol. The molecule has 3 aromatic rings. The second-order valence-electron chi connectivity index (χ2n) is 13.5. The van der Waals surface area contributed by atoms with Crippen LogP contribution in [0, 0.1) is 29.5 Å². The van der Waals surface area contributed by atoms with Crippen LogP contribution in [0.4, 0.5) is 10.1 Å². The molecule has 2 aliphatic heterocycles. The van der Waals surface area contributed by atoms with Crippen LogP contribution in [0.2, 0.25) is 5.02 Å². The highest BCUT2D eigenvalue weighted by Crippen LogP contribution is 2.64. The Labute approximate surface area is 292 Å². The lowest BCUT2D eigenvalue weighted by Crippen LogP contribution is -2.53. The van der Waals surface area contributed by atoms with Gasteiger partial charge in [-0.15, -0.1) is 0 Å². The van der Waals surface area contributed by atoms with Gasteiger partial charge in [-0.2, -0.15) is 5.01 Å². The number of hydrogen-bond donors (Lipinski definition) is 3. The number of fused-ring (bicyclic) bond motifs is 4. The third kappa shape index (κ3) is 5.44. The topological polar surface area (TPSA) is 144 Å². The van der Waals surface area contributed by atoms with E-state index >= 15 is 4.79 Å². The molecule has 0 bridgehead atoms. The Kier molecular flexibility index (Phi) is 8.71. The number of unbranched alkanes of at least 4 members (excludes halogenated alkanes) is 2. The minimum absolute atomic E-state index is 0.0116. The molecule has 10 nitrogen and oxygen atoms in total. The zero-order chi connectivity index (χ0) is 35.3. The van der Waals surface area contributed by atoms with Crippen molar-refractivity contribution < 1.29 is 38.6 Å². The molecule has 7 rings (SSSR count). The number of rotatable bonds is 10. The van der Waals surface area contributed by atoms with Gasteiger partial charge in [0, 0.05) is 23.9 Å². The Balaban J connectivity index is 1.33. The smallest absolute Gasteiger partial charge is 0.303 e. The first kappa shape index (κ1) is 33.5. The van der Waals surface area contributed by atoms with Crippen molar-refractivity contribution in [3.8, 4) is 5.75 Å². The first-order chi connectivity index (χ1) is 24.0. The van der Waals surface area contributed by atoms with Crippen molar-refractivity contribution in [2.24, 2.45) is 23.7 Å². The molecule has 2 saturated heterocycles. The van der Waals surface area contributed by atoms with E-state index in [1.54, 1.807) is 36.4 Å². The lowest BCUT2D eigenvalue weighted by atomic mass is 9.49. The van der Waals surface area contributed by atoms with Gasteiger partial charge in [0.05, 0.1) is 28.9 Å². The molecule has 3 N–H and O–H groups in total. The number of carboxylic acid groups (broad SMARTS) is 1. The summed E-state index contributed by atoms with van der Waals surface area (Å²) in [7, 11) is 0. The summed E-state index contributed by atoms with van der Waals surface area (Å²) in [4.78, 5) is 69.7. The first-order valence-corrected chi connectivity index (χ1v) is 17.1. The van der Waals surface area contributed by atoms with Gasteiger partial charge < -0.3 is 10.2 Å². The summed E-state index contributed by atoms with van der Waals surface area (Å²) in [6, 6.07) is 18.5. The van der Waals surface area contributed by atoms with Crippen molar-refractivity contribution >= 4 is 46.9 Å². The number of halogens is 2. The van der Waals surface area contributed by atoms with Gasteiger partial charge in [0.15, 0.2) is 0 Å². The maximum Gasteiger partial charge on any atom is 0.303 e. The number of aromatic hydroxyl groups is 1. The fourth-order valence-corrected chi connectivity index (χ4v) is 8.83. The molecule has 1 saturated carbocycles. The fraction of sp³-hybridized carbons (Fsp3) is 0.342. The largest absolute Gasteiger partial charge is 0.508 e. The molecule has 4 aliphatic rings. The second-order valence-corrected chi connectivity index (χ2v) is 13.9. The normalized spacial score (nSPS) is 27.2. The average Bonchev–Trinajstić information content (AvgIpc) is 3.47. The van der Waals surface area contributed by atoms with Crippen molar-refractivity contribution in [1.29, 1.82) is 0 Å². The van der Waals surface area contributed by atoms with E-state index in [4.69, 9.17) is 16.7 Å². The van der Waals surface area contributed by atoms with E-state index in [9.17, 15) is 28.7 Å². The highest BCUT2D eigenvalue weighted by atomic mass is 35.5. The van der Waals surface area contributed by atoms with Crippen LogP contribution in [-0.4, -0.2) is 56.3 Å². The summed E-state index contributed by atoms with van der Waals surface area (Å²) in [6.07, 6.45) is 3.81. The Bertz CT molecular complexity index is 1900. The van der Waals surface area contributed by atoms with Crippen molar-refractivity contribution in [1.82, 2.24) is 9.91 Å². The van der Waals surface area contributed by atoms with Crippen LogP contribution >= 0.6 is 11.6 Å². The summed E-state index contributed by atoms with van der Waals surface area (Å²) < 4.78 is 13.8. The van der Waals surface area contributed by atoms with E-state index in [1.165, 1.54) is 41.3 Å². The van der Waals surface area contributed by atoms with Crippen molar-refractivity contribution in [3.05, 3.63) is 106 Å². The number of phenolic OH excluding ortho intramolecular Hbond substituents is 1. The second kappa shape index (κ2) is 13.0. The summed E-state index contributed by atoms with van der Waals surface area (Å²) in [5.74, 6) is -6.68. The van der Waals surface area contributed by atoms with Gasteiger partial charge in [-0.1, -0.05) is 53.9 Å². The van der Waals surface area contributed by atoms with E-state index in [1.807, 2.05) is 6.08 Å². The van der Waals surface area contributed by atoms with E-state index < -0.39 is 58.6 Å². The lowest BCUT2D eigenvalue weighted by molar-refractivity contribution is -0.141. The molecule has 2 heterocycles. The molecular weight excluding hydrogens is 665 g/mol. The number of hydrogen-bond acceptors (Lipinski definition) is 7. The van der Waals surface area contributed by atoms with Crippen LogP contribution in [0.1, 0.15) is 55.6 Å². The number of benzene rings is 3. The Morgan fingerprint density at radius 1 is 0.880 bits per heavy atom. The van der Waals surface area contributed by atoms with Gasteiger partial charge in [-0.3, -0.25) is 34.3 Å². The number of aliphatic carboxylic acids is 1. The number of carbonyl (C=O) groups is 5. The molecule has 6 atom stereocenters. The van der Waals surface area contributed by atoms with Crippen LogP contribution in [-0.2, 0) is 29.4 Å². The van der Waals surface area contributed by atoms with E-state index in [0.717, 1.165) is 10.6 Å². The summed E-state index contributed by atoms with van der Waals surface area (Å²) in [5.41, 5.74) is 3.71. The van der Waals surface area contributed by atoms with Crippen molar-refractivity contribution in [2.45, 2.75) is 49.9 Å². The van der Waals surface area contributed by atoms with E-state index in [2.05, 4.69) is 5.43 Å². The predicted molar refractivity (Wildman–Crippen MR) is 180 cm³/mol. The highest BCUT2D eigenvalue weighted by molar-refractivity contribution is 6.30. The standard InChI is InChI=1S/C38H35ClFN3O7/c39-23-9-7-22(8-10-23)38-30(35(48)43(37(38)50)41-25-13-11-24(40)12-14-25)20-29-27(33(38)21-5-15-26(44)16-6-21)17-18-28-32(29)36(49)42(34(28)47)19-3-1-2-4-31(45)46/h5-17,28-30,32-33,41,44H,1-4,18-20H2,(H,45,46)/t28-,29+,30-,32-,33-,38+/m0/s1. The van der Waals surface area contributed by atoms with E-state index in [-0.39, 0.29) is 43.4 Å². The van der Waals surface area contributed by atoms with Crippen LogP contribution in [0.5, 0.6) is 5.75 Å². The molecule has 0 unspecified atom stereocenters. The summed E-state index contributed by atoms with van der Waals surface area (Å²) in [6.45, 7) is 0.179. The van der Waals surface area contributed by atoms with Gasteiger partial charge in [0.25, 0.3) is 11.8 Å². The number of nitrogens with one attached hydrogen (secondary N) is 1. The minimum atomic E-state index is -1.50. The van der Waals surface area contributed by atoms with Gasteiger partial charge in [0.1, 0.15) is 11.6 Å². The van der Waals surface area contributed by atoms with Crippen LogP contribution in [0.15, 0.2) is 84.4 Å². The number of imide groups is 2. The number of allylic oxidation sites excluding steroid dienone is 2. The Morgan fingerprint density at radius 2 is 1.58 bits per heavy atom. The Hall–Kier alpha value is -5.03. The number of nitrogens with zero attached hydrogens (tertiary/aromatic N) is 2. The molecule has 12 heteroatoms. The number of carboxylic acids is 1. The molecule has 4 amide bonds. The number of hydrazine groups is 1. The number of anilines is 1. The van der Waals surface area contributed by atoms with Gasteiger partial charge in [-0.05, 0) is 91.3 Å². The maximum absolute atomic E-state index is 15.1. The molecule has 258 valence electrons.